The van der Waals surface area contributed by atoms with Gasteiger partial charge in [0.2, 0.25) is 0 Å². The molecule has 0 aliphatic rings. The third-order valence-electron chi connectivity index (χ3n) is 2.60. The van der Waals surface area contributed by atoms with E-state index < -0.39 is 10.9 Å². The van der Waals surface area contributed by atoms with E-state index in [-0.39, 0.29) is 23.1 Å². The van der Waals surface area contributed by atoms with E-state index in [1.807, 2.05) is 13.8 Å². The van der Waals surface area contributed by atoms with Crippen molar-refractivity contribution in [2.75, 3.05) is 7.11 Å². The minimum Gasteiger partial charge on any atom is -0.484 e. The predicted molar refractivity (Wildman–Crippen MR) is 69.4 cm³/mol. The van der Waals surface area contributed by atoms with E-state index in [2.05, 4.69) is 4.74 Å². The van der Waals surface area contributed by atoms with Gasteiger partial charge in [-0.2, -0.15) is 0 Å². The molecule has 0 aromatic heterocycles. The Balaban J connectivity index is 3.08. The van der Waals surface area contributed by atoms with E-state index >= 15 is 0 Å². The zero-order valence-corrected chi connectivity index (χ0v) is 11.2. The SMILES string of the molecule is CCCC(C)Oc1cc(C(=O)OC)ccc1[N+](=O)[O-]. The van der Waals surface area contributed by atoms with Crippen LogP contribution in [-0.2, 0) is 4.74 Å². The first-order valence-corrected chi connectivity index (χ1v) is 6.03. The summed E-state index contributed by atoms with van der Waals surface area (Å²) >= 11 is 0. The van der Waals surface area contributed by atoms with Crippen LogP contribution in [0.15, 0.2) is 18.2 Å². The van der Waals surface area contributed by atoms with Gasteiger partial charge in [-0.3, -0.25) is 10.1 Å². The number of hydrogen-bond donors (Lipinski definition) is 0. The van der Waals surface area contributed by atoms with Crippen molar-refractivity contribution in [3.8, 4) is 5.75 Å². The molecule has 0 saturated heterocycles. The Bertz CT molecular complexity index is 472. The van der Waals surface area contributed by atoms with E-state index in [9.17, 15) is 14.9 Å². The van der Waals surface area contributed by atoms with Crippen molar-refractivity contribution in [1.82, 2.24) is 0 Å². The zero-order valence-electron chi connectivity index (χ0n) is 11.2. The van der Waals surface area contributed by atoms with Crippen molar-refractivity contribution in [2.45, 2.75) is 32.8 Å². The van der Waals surface area contributed by atoms with E-state index in [0.29, 0.717) is 0 Å². The summed E-state index contributed by atoms with van der Waals surface area (Å²) in [6.45, 7) is 3.83. The molecule has 1 rings (SSSR count). The summed E-state index contributed by atoms with van der Waals surface area (Å²) in [7, 11) is 1.25. The summed E-state index contributed by atoms with van der Waals surface area (Å²) in [4.78, 5) is 21.8. The lowest BCUT2D eigenvalue weighted by atomic mass is 10.2. The molecule has 6 heteroatoms. The summed E-state index contributed by atoms with van der Waals surface area (Å²) in [6, 6.07) is 3.94. The topological polar surface area (TPSA) is 78.7 Å². The van der Waals surface area contributed by atoms with Gasteiger partial charge in [0, 0.05) is 12.1 Å². The fraction of sp³-hybridized carbons (Fsp3) is 0.462. The molecule has 0 spiro atoms. The Morgan fingerprint density at radius 1 is 1.47 bits per heavy atom. The summed E-state index contributed by atoms with van der Waals surface area (Å²) in [5, 5.41) is 10.9. The van der Waals surface area contributed by atoms with Gasteiger partial charge in [0.25, 0.3) is 0 Å². The van der Waals surface area contributed by atoms with Gasteiger partial charge in [0.05, 0.1) is 23.7 Å². The van der Waals surface area contributed by atoms with Gasteiger partial charge in [-0.1, -0.05) is 13.3 Å². The van der Waals surface area contributed by atoms with Crippen molar-refractivity contribution >= 4 is 11.7 Å². The quantitative estimate of drug-likeness (QED) is 0.450. The highest BCUT2D eigenvalue weighted by atomic mass is 16.6. The van der Waals surface area contributed by atoms with Crippen LogP contribution in [0.3, 0.4) is 0 Å². The average molecular weight is 267 g/mol. The van der Waals surface area contributed by atoms with Crippen molar-refractivity contribution in [2.24, 2.45) is 0 Å². The lowest BCUT2D eigenvalue weighted by molar-refractivity contribution is -0.386. The highest BCUT2D eigenvalue weighted by Gasteiger charge is 2.20. The van der Waals surface area contributed by atoms with Crippen LogP contribution in [0.5, 0.6) is 5.75 Å². The molecular formula is C13H17NO5. The zero-order chi connectivity index (χ0) is 14.4. The number of esters is 1. The smallest absolute Gasteiger partial charge is 0.337 e. The maximum absolute atomic E-state index is 11.4. The summed E-state index contributed by atoms with van der Waals surface area (Å²) in [6.07, 6.45) is 1.53. The summed E-state index contributed by atoms with van der Waals surface area (Å²) in [5.74, 6) is -0.461. The van der Waals surface area contributed by atoms with E-state index in [0.717, 1.165) is 12.8 Å². The molecule has 0 amide bonds. The monoisotopic (exact) mass is 267 g/mol. The molecule has 0 aliphatic heterocycles. The van der Waals surface area contributed by atoms with Crippen molar-refractivity contribution in [3.63, 3.8) is 0 Å². The molecule has 1 aromatic carbocycles. The average Bonchev–Trinajstić information content (AvgIpc) is 2.37. The Morgan fingerprint density at radius 2 is 2.16 bits per heavy atom. The second-order valence-corrected chi connectivity index (χ2v) is 4.15. The molecule has 1 aromatic rings. The first kappa shape index (κ1) is 14.9. The number of carbonyl (C=O) groups is 1. The lowest BCUT2D eigenvalue weighted by Crippen LogP contribution is -2.13. The van der Waals surface area contributed by atoms with Crippen LogP contribution in [0.4, 0.5) is 5.69 Å². The largest absolute Gasteiger partial charge is 0.484 e. The minimum atomic E-state index is -0.553. The van der Waals surface area contributed by atoms with Crippen LogP contribution in [-0.4, -0.2) is 24.1 Å². The fourth-order valence-electron chi connectivity index (χ4n) is 1.69. The van der Waals surface area contributed by atoms with Gasteiger partial charge < -0.3 is 9.47 Å². The number of nitro groups is 1. The van der Waals surface area contributed by atoms with Gasteiger partial charge >= 0.3 is 11.7 Å². The molecule has 6 nitrogen and oxygen atoms in total. The highest BCUT2D eigenvalue weighted by Crippen LogP contribution is 2.29. The van der Waals surface area contributed by atoms with Crippen molar-refractivity contribution in [3.05, 3.63) is 33.9 Å². The van der Waals surface area contributed by atoms with Crippen LogP contribution in [0.25, 0.3) is 0 Å². The van der Waals surface area contributed by atoms with Gasteiger partial charge in [-0.25, -0.2) is 4.79 Å². The Hall–Kier alpha value is -2.11. The molecule has 0 saturated carbocycles. The number of hydrogen-bond acceptors (Lipinski definition) is 5. The van der Waals surface area contributed by atoms with Crippen LogP contribution >= 0.6 is 0 Å². The maximum Gasteiger partial charge on any atom is 0.337 e. The fourth-order valence-corrected chi connectivity index (χ4v) is 1.69. The van der Waals surface area contributed by atoms with Gasteiger partial charge in [-0.05, 0) is 19.4 Å². The van der Waals surface area contributed by atoms with Gasteiger partial charge in [0.15, 0.2) is 5.75 Å². The van der Waals surface area contributed by atoms with Crippen molar-refractivity contribution < 1.29 is 19.2 Å². The summed E-state index contributed by atoms with van der Waals surface area (Å²) in [5.41, 5.74) is 0.0717. The van der Waals surface area contributed by atoms with Crippen LogP contribution in [0.1, 0.15) is 37.0 Å². The second kappa shape index (κ2) is 6.72. The third-order valence-corrected chi connectivity index (χ3v) is 2.60. The number of methoxy groups -OCH3 is 1. The predicted octanol–water partition coefficient (Wildman–Crippen LogP) is 2.95. The molecule has 19 heavy (non-hydrogen) atoms. The van der Waals surface area contributed by atoms with E-state index in [4.69, 9.17) is 4.74 Å². The Kier molecular flexibility index (Phi) is 5.29. The number of nitro benzene ring substituents is 1. The number of nitrogens with zero attached hydrogens (tertiary/aromatic N) is 1. The van der Waals surface area contributed by atoms with E-state index in [1.165, 1.54) is 25.3 Å². The molecule has 0 aliphatic carbocycles. The standard InChI is InChI=1S/C13H17NO5/c1-4-5-9(2)19-12-8-10(13(15)18-3)6-7-11(12)14(16)17/h6-9H,4-5H2,1-3H3. The maximum atomic E-state index is 11.4. The second-order valence-electron chi connectivity index (χ2n) is 4.15. The molecule has 1 atom stereocenters. The molecule has 104 valence electrons. The number of rotatable bonds is 6. The Morgan fingerprint density at radius 3 is 2.68 bits per heavy atom. The number of carbonyl (C=O) groups excluding carboxylic acids is 1. The highest BCUT2D eigenvalue weighted by molar-refractivity contribution is 5.90. The molecular weight excluding hydrogens is 250 g/mol. The Labute approximate surface area is 111 Å². The molecule has 0 heterocycles. The molecule has 0 radical (unpaired) electrons. The van der Waals surface area contributed by atoms with Gasteiger partial charge in [0.1, 0.15) is 0 Å². The van der Waals surface area contributed by atoms with Crippen LogP contribution in [0.2, 0.25) is 0 Å². The van der Waals surface area contributed by atoms with E-state index in [1.54, 1.807) is 0 Å². The third kappa shape index (κ3) is 3.94. The number of ether oxygens (including phenoxy) is 2. The molecule has 0 N–H and O–H groups in total. The first-order chi connectivity index (χ1) is 8.99. The summed E-state index contributed by atoms with van der Waals surface area (Å²) < 4.78 is 10.1. The molecule has 0 bridgehead atoms. The normalized spacial score (nSPS) is 11.7. The molecule has 0 fully saturated rings. The first-order valence-electron chi connectivity index (χ1n) is 6.03. The van der Waals surface area contributed by atoms with Gasteiger partial charge in [-0.15, -0.1) is 0 Å². The van der Waals surface area contributed by atoms with Crippen molar-refractivity contribution in [1.29, 1.82) is 0 Å². The molecule has 1 unspecified atom stereocenters. The van der Waals surface area contributed by atoms with Crippen LogP contribution in [0, 0.1) is 10.1 Å². The minimum absolute atomic E-state index is 0.0915. The number of benzene rings is 1. The lowest BCUT2D eigenvalue weighted by Gasteiger charge is -2.14. The van der Waals surface area contributed by atoms with Crippen LogP contribution < -0.4 is 4.74 Å².